The zero-order valence-corrected chi connectivity index (χ0v) is 9.58. The molecule has 0 radical (unpaired) electrons. The van der Waals surface area contributed by atoms with Crippen molar-refractivity contribution in [1.29, 1.82) is 0 Å². The van der Waals surface area contributed by atoms with Crippen LogP contribution in [0.1, 0.15) is 21.7 Å². The minimum absolute atomic E-state index is 0.0244. The van der Waals surface area contributed by atoms with Gasteiger partial charge in [0, 0.05) is 18.0 Å². The molecule has 0 saturated carbocycles. The number of hydrogen-bond acceptors (Lipinski definition) is 2. The molecule has 2 aromatic rings. The second kappa shape index (κ2) is 4.49. The van der Waals surface area contributed by atoms with Crippen molar-refractivity contribution < 1.29 is 4.79 Å². The molecule has 4 heteroatoms. The van der Waals surface area contributed by atoms with Crippen molar-refractivity contribution in [2.75, 3.05) is 0 Å². The van der Waals surface area contributed by atoms with Crippen LogP contribution in [0.2, 0.25) is 5.02 Å². The molecule has 0 saturated heterocycles. The van der Waals surface area contributed by atoms with Gasteiger partial charge in [-0.05, 0) is 18.6 Å². The number of aryl methyl sites for hydroxylation is 1. The Hall–Kier alpha value is -1.61. The van der Waals surface area contributed by atoms with Crippen molar-refractivity contribution in [1.82, 2.24) is 9.97 Å². The molecule has 1 N–H and O–H groups in total. The maximum atomic E-state index is 11.9. The van der Waals surface area contributed by atoms with Crippen molar-refractivity contribution in [2.45, 2.75) is 13.3 Å². The van der Waals surface area contributed by atoms with E-state index in [1.54, 1.807) is 18.5 Å². The lowest BCUT2D eigenvalue weighted by molar-refractivity contribution is 0.0991. The molecule has 0 amide bonds. The van der Waals surface area contributed by atoms with Gasteiger partial charge in [0.05, 0.1) is 11.4 Å². The van der Waals surface area contributed by atoms with Crippen LogP contribution in [0, 0.1) is 6.92 Å². The first-order chi connectivity index (χ1) is 7.68. The summed E-state index contributed by atoms with van der Waals surface area (Å²) in [5.41, 5.74) is 1.46. The second-order valence-corrected chi connectivity index (χ2v) is 3.95. The third kappa shape index (κ3) is 2.14. The lowest BCUT2D eigenvalue weighted by Gasteiger charge is -2.04. The smallest absolute Gasteiger partial charge is 0.171 e. The number of rotatable bonds is 3. The monoisotopic (exact) mass is 234 g/mol. The highest BCUT2D eigenvalue weighted by molar-refractivity contribution is 6.34. The summed E-state index contributed by atoms with van der Waals surface area (Å²) in [5.74, 6) is 0.631. The van der Waals surface area contributed by atoms with E-state index >= 15 is 0 Å². The van der Waals surface area contributed by atoms with Crippen LogP contribution in [0.5, 0.6) is 0 Å². The lowest BCUT2D eigenvalue weighted by Crippen LogP contribution is -2.06. The number of imidazole rings is 1. The van der Waals surface area contributed by atoms with Crippen LogP contribution in [-0.4, -0.2) is 15.8 Å². The Balaban J connectivity index is 2.24. The average molecular weight is 235 g/mol. The van der Waals surface area contributed by atoms with E-state index in [1.807, 2.05) is 19.1 Å². The number of H-pyrrole nitrogens is 1. The largest absolute Gasteiger partial charge is 0.348 e. The van der Waals surface area contributed by atoms with Gasteiger partial charge in [0.1, 0.15) is 5.82 Å². The van der Waals surface area contributed by atoms with Gasteiger partial charge in [0.15, 0.2) is 5.78 Å². The van der Waals surface area contributed by atoms with E-state index in [4.69, 9.17) is 11.6 Å². The maximum absolute atomic E-state index is 11.9. The van der Waals surface area contributed by atoms with Gasteiger partial charge in [-0.1, -0.05) is 23.7 Å². The van der Waals surface area contributed by atoms with Crippen LogP contribution >= 0.6 is 11.6 Å². The number of hydrogen-bond donors (Lipinski definition) is 1. The molecule has 0 atom stereocenters. The fourth-order valence-electron chi connectivity index (χ4n) is 1.50. The molecule has 0 aliphatic carbocycles. The number of Topliss-reactive ketones (excluding diaryl/α,β-unsaturated/α-hetero) is 1. The molecular weight excluding hydrogens is 224 g/mol. The van der Waals surface area contributed by atoms with Crippen molar-refractivity contribution in [3.63, 3.8) is 0 Å². The summed E-state index contributed by atoms with van der Waals surface area (Å²) < 4.78 is 0. The van der Waals surface area contributed by atoms with Crippen LogP contribution in [0.25, 0.3) is 0 Å². The summed E-state index contributed by atoms with van der Waals surface area (Å²) >= 11 is 6.08. The van der Waals surface area contributed by atoms with Gasteiger partial charge in [-0.3, -0.25) is 4.79 Å². The Labute approximate surface area is 98.5 Å². The number of carbonyl (C=O) groups is 1. The predicted molar refractivity (Wildman–Crippen MR) is 62.8 cm³/mol. The van der Waals surface area contributed by atoms with E-state index in [-0.39, 0.29) is 12.2 Å². The van der Waals surface area contributed by atoms with E-state index in [0.717, 1.165) is 5.56 Å². The van der Waals surface area contributed by atoms with Crippen molar-refractivity contribution >= 4 is 17.4 Å². The molecule has 2 rings (SSSR count). The fraction of sp³-hybridized carbons (Fsp3) is 0.167. The highest BCUT2D eigenvalue weighted by Gasteiger charge is 2.13. The third-order valence-corrected chi connectivity index (χ3v) is 2.88. The maximum Gasteiger partial charge on any atom is 0.171 e. The van der Waals surface area contributed by atoms with E-state index in [0.29, 0.717) is 16.4 Å². The molecule has 16 heavy (non-hydrogen) atoms. The summed E-state index contributed by atoms with van der Waals surface area (Å²) in [5, 5.41) is 0.527. The average Bonchev–Trinajstić information content (AvgIpc) is 2.74. The van der Waals surface area contributed by atoms with Gasteiger partial charge < -0.3 is 4.98 Å². The quantitative estimate of drug-likeness (QED) is 0.830. The first-order valence-corrected chi connectivity index (χ1v) is 5.33. The molecule has 3 nitrogen and oxygen atoms in total. The van der Waals surface area contributed by atoms with Crippen molar-refractivity contribution in [3.05, 3.63) is 52.6 Å². The molecule has 1 heterocycles. The Morgan fingerprint density at radius 2 is 2.31 bits per heavy atom. The molecule has 1 aromatic carbocycles. The van der Waals surface area contributed by atoms with Crippen molar-refractivity contribution in [2.24, 2.45) is 0 Å². The highest BCUT2D eigenvalue weighted by Crippen LogP contribution is 2.21. The summed E-state index contributed by atoms with van der Waals surface area (Å²) in [7, 11) is 0. The van der Waals surface area contributed by atoms with Gasteiger partial charge in [-0.2, -0.15) is 0 Å². The van der Waals surface area contributed by atoms with Crippen LogP contribution in [0.15, 0.2) is 30.6 Å². The Morgan fingerprint density at radius 1 is 1.50 bits per heavy atom. The topological polar surface area (TPSA) is 45.8 Å². The zero-order chi connectivity index (χ0) is 11.5. The lowest BCUT2D eigenvalue weighted by atomic mass is 10.1. The second-order valence-electron chi connectivity index (χ2n) is 3.57. The number of aromatic nitrogens is 2. The molecule has 0 bridgehead atoms. The number of benzene rings is 1. The summed E-state index contributed by atoms with van der Waals surface area (Å²) in [6, 6.07) is 5.45. The van der Waals surface area contributed by atoms with E-state index in [1.165, 1.54) is 0 Å². The first-order valence-electron chi connectivity index (χ1n) is 4.95. The summed E-state index contributed by atoms with van der Waals surface area (Å²) in [4.78, 5) is 18.9. The predicted octanol–water partition coefficient (Wildman–Crippen LogP) is 2.80. The molecule has 0 spiro atoms. The number of aromatic amines is 1. The fourth-order valence-corrected chi connectivity index (χ4v) is 1.74. The molecule has 0 aliphatic rings. The van der Waals surface area contributed by atoms with Gasteiger partial charge in [0.2, 0.25) is 0 Å². The van der Waals surface area contributed by atoms with Gasteiger partial charge in [-0.25, -0.2) is 4.98 Å². The Bertz CT molecular complexity index is 506. The number of nitrogens with zero attached hydrogens (tertiary/aromatic N) is 1. The highest BCUT2D eigenvalue weighted by atomic mass is 35.5. The summed E-state index contributed by atoms with van der Waals surface area (Å²) in [6.07, 6.45) is 3.57. The molecule has 0 aliphatic heterocycles. The van der Waals surface area contributed by atoms with Gasteiger partial charge >= 0.3 is 0 Å². The van der Waals surface area contributed by atoms with Crippen molar-refractivity contribution in [3.8, 4) is 0 Å². The number of nitrogens with one attached hydrogen (secondary N) is 1. The minimum Gasteiger partial charge on any atom is -0.348 e. The number of carbonyl (C=O) groups excluding carboxylic acids is 1. The molecule has 82 valence electrons. The minimum atomic E-state index is -0.0244. The molecular formula is C12H11ClN2O. The normalized spacial score (nSPS) is 10.4. The van der Waals surface area contributed by atoms with Crippen LogP contribution < -0.4 is 0 Å². The first kappa shape index (κ1) is 10.9. The van der Waals surface area contributed by atoms with Crippen LogP contribution in [-0.2, 0) is 6.42 Å². The van der Waals surface area contributed by atoms with E-state index < -0.39 is 0 Å². The zero-order valence-electron chi connectivity index (χ0n) is 8.83. The van der Waals surface area contributed by atoms with Crippen LogP contribution in [0.4, 0.5) is 0 Å². The van der Waals surface area contributed by atoms with Gasteiger partial charge in [0.25, 0.3) is 0 Å². The summed E-state index contributed by atoms with van der Waals surface area (Å²) in [6.45, 7) is 1.88. The Kier molecular flexibility index (Phi) is 3.06. The third-order valence-electron chi connectivity index (χ3n) is 2.38. The molecule has 0 unspecified atom stereocenters. The standard InChI is InChI=1S/C12H11ClN2O/c1-8-3-2-4-9(12(8)13)10(16)7-11-14-5-6-15-11/h2-6H,7H2,1H3,(H,14,15). The Morgan fingerprint density at radius 3 is 3.00 bits per heavy atom. The molecule has 1 aromatic heterocycles. The van der Waals surface area contributed by atoms with Crippen LogP contribution in [0.3, 0.4) is 0 Å². The molecule has 0 fully saturated rings. The van der Waals surface area contributed by atoms with Gasteiger partial charge in [-0.15, -0.1) is 0 Å². The number of ketones is 1. The number of halogens is 1. The SMILES string of the molecule is Cc1cccc(C(=O)Cc2ncc[nH]2)c1Cl. The van der Waals surface area contributed by atoms with E-state index in [2.05, 4.69) is 9.97 Å². The van der Waals surface area contributed by atoms with E-state index in [9.17, 15) is 4.79 Å².